The fourth-order valence-corrected chi connectivity index (χ4v) is 5.79. The molecule has 4 aliphatic rings. The number of hydrogen-bond donors (Lipinski definition) is 1. The highest BCUT2D eigenvalue weighted by Gasteiger charge is 2.61. The van der Waals surface area contributed by atoms with Crippen molar-refractivity contribution >= 4 is 16.1 Å². The lowest BCUT2D eigenvalue weighted by atomic mass is 9.92. The van der Waals surface area contributed by atoms with Crippen molar-refractivity contribution < 1.29 is 17.6 Å². The summed E-state index contributed by atoms with van der Waals surface area (Å²) in [4.78, 5) is 16.8. The van der Waals surface area contributed by atoms with Crippen LogP contribution < -0.4 is 4.72 Å². The van der Waals surface area contributed by atoms with Crippen LogP contribution in [0.1, 0.15) is 50.2 Å². The summed E-state index contributed by atoms with van der Waals surface area (Å²) >= 11 is 0. The zero-order chi connectivity index (χ0) is 22.7. The minimum Gasteiger partial charge on any atom is -0.325 e. The molecule has 0 bridgehead atoms. The van der Waals surface area contributed by atoms with Crippen LogP contribution >= 0.6 is 0 Å². The van der Waals surface area contributed by atoms with Crippen LogP contribution in [0, 0.1) is 28.5 Å². The van der Waals surface area contributed by atoms with Gasteiger partial charge in [0.2, 0.25) is 10.0 Å². The lowest BCUT2D eigenvalue weighted by molar-refractivity contribution is 0.120. The molecule has 2 saturated carbocycles. The molecule has 32 heavy (non-hydrogen) atoms. The Labute approximate surface area is 189 Å². The van der Waals surface area contributed by atoms with Gasteiger partial charge in [-0.25, -0.2) is 22.3 Å². The third kappa shape index (κ3) is 4.13. The summed E-state index contributed by atoms with van der Waals surface area (Å²) in [7, 11) is -3.48. The van der Waals surface area contributed by atoms with E-state index in [-0.39, 0.29) is 29.1 Å². The average molecular weight is 460 g/mol. The number of nitrogens with zero attached hydrogens (tertiary/aromatic N) is 2. The van der Waals surface area contributed by atoms with E-state index in [0.29, 0.717) is 17.7 Å². The van der Waals surface area contributed by atoms with Crippen molar-refractivity contribution in [2.24, 2.45) is 10.8 Å². The molecule has 6 nitrogen and oxygen atoms in total. The van der Waals surface area contributed by atoms with Crippen LogP contribution in [0.15, 0.2) is 18.2 Å². The molecule has 2 atom stereocenters. The predicted molar refractivity (Wildman–Crippen MR) is 120 cm³/mol. The van der Waals surface area contributed by atoms with Crippen LogP contribution in [0.2, 0.25) is 0 Å². The van der Waals surface area contributed by atoms with Gasteiger partial charge in [-0.15, -0.1) is 0 Å². The summed E-state index contributed by atoms with van der Waals surface area (Å²) in [5.74, 6) is 5.82. The summed E-state index contributed by atoms with van der Waals surface area (Å²) < 4.78 is 42.5. The van der Waals surface area contributed by atoms with Crippen molar-refractivity contribution in [3.63, 3.8) is 0 Å². The molecule has 4 fully saturated rings. The molecule has 2 heterocycles. The fourth-order valence-electron chi connectivity index (χ4n) is 4.92. The maximum absolute atomic E-state index is 15.4. The Bertz CT molecular complexity index is 1110. The van der Waals surface area contributed by atoms with Gasteiger partial charge in [-0.3, -0.25) is 0 Å². The number of amides is 2. The number of halogens is 1. The van der Waals surface area contributed by atoms with Gasteiger partial charge in [0.05, 0.1) is 17.9 Å². The second kappa shape index (κ2) is 7.46. The van der Waals surface area contributed by atoms with Crippen molar-refractivity contribution in [2.75, 3.05) is 25.9 Å². The van der Waals surface area contributed by atoms with Crippen molar-refractivity contribution in [1.29, 1.82) is 0 Å². The molecule has 2 saturated heterocycles. The number of likely N-dealkylation sites (tertiary alicyclic amines) is 2. The number of carbonyl (C=O) groups is 1. The summed E-state index contributed by atoms with van der Waals surface area (Å²) in [5.41, 5.74) is 0.588. The summed E-state index contributed by atoms with van der Waals surface area (Å²) in [6.07, 6.45) is 6.20. The SMILES string of the molecule is CC1(C#Cc2cccc(CC3C(NS(C)(=O)=O)C4(CC4)CN3C(=O)N3CCC3)c2F)CC1. The maximum Gasteiger partial charge on any atom is 0.320 e. The number of nitrogens with one attached hydrogen (secondary N) is 1. The summed E-state index contributed by atoms with van der Waals surface area (Å²) in [5, 5.41) is 0. The molecule has 2 unspecified atom stereocenters. The summed E-state index contributed by atoms with van der Waals surface area (Å²) in [6, 6.07) is 4.29. The first kappa shape index (κ1) is 21.7. The maximum atomic E-state index is 15.4. The Morgan fingerprint density at radius 3 is 2.53 bits per heavy atom. The van der Waals surface area contributed by atoms with E-state index in [1.54, 1.807) is 28.0 Å². The Morgan fingerprint density at radius 1 is 1.25 bits per heavy atom. The second-order valence-electron chi connectivity index (χ2n) is 10.3. The fraction of sp³-hybridized carbons (Fsp3) is 0.625. The average Bonchev–Trinajstić information content (AvgIpc) is 3.58. The van der Waals surface area contributed by atoms with E-state index in [4.69, 9.17) is 0 Å². The van der Waals surface area contributed by atoms with Crippen molar-refractivity contribution in [2.45, 2.75) is 57.5 Å². The smallest absolute Gasteiger partial charge is 0.320 e. The van der Waals surface area contributed by atoms with E-state index < -0.39 is 22.1 Å². The Hall–Kier alpha value is -2.11. The van der Waals surface area contributed by atoms with Crippen molar-refractivity contribution in [1.82, 2.24) is 14.5 Å². The van der Waals surface area contributed by atoms with Crippen LogP contribution in [-0.2, 0) is 16.4 Å². The molecule has 1 N–H and O–H groups in total. The van der Waals surface area contributed by atoms with Gasteiger partial charge in [0, 0.05) is 36.5 Å². The molecule has 172 valence electrons. The van der Waals surface area contributed by atoms with Crippen molar-refractivity contribution in [3.8, 4) is 11.8 Å². The molecule has 5 rings (SSSR count). The van der Waals surface area contributed by atoms with Gasteiger partial charge in [0.1, 0.15) is 5.82 Å². The highest BCUT2D eigenvalue weighted by molar-refractivity contribution is 7.88. The highest BCUT2D eigenvalue weighted by atomic mass is 32.2. The van der Waals surface area contributed by atoms with E-state index in [1.807, 2.05) is 0 Å². The van der Waals surface area contributed by atoms with Crippen LogP contribution in [0.25, 0.3) is 0 Å². The van der Waals surface area contributed by atoms with Crippen molar-refractivity contribution in [3.05, 3.63) is 35.1 Å². The first-order chi connectivity index (χ1) is 15.1. The summed E-state index contributed by atoms with van der Waals surface area (Å²) in [6.45, 7) is 4.03. The van der Waals surface area contributed by atoms with Gasteiger partial charge >= 0.3 is 6.03 Å². The number of rotatable bonds is 4. The minimum atomic E-state index is -3.48. The monoisotopic (exact) mass is 459 g/mol. The van der Waals surface area contributed by atoms with Crippen LogP contribution in [0.3, 0.4) is 0 Å². The first-order valence-electron chi connectivity index (χ1n) is 11.4. The normalized spacial score (nSPS) is 27.0. The molecule has 8 heteroatoms. The van der Waals surface area contributed by atoms with Gasteiger partial charge in [0.15, 0.2) is 0 Å². The van der Waals surface area contributed by atoms with E-state index >= 15 is 4.39 Å². The first-order valence-corrected chi connectivity index (χ1v) is 13.3. The Morgan fingerprint density at radius 2 is 1.97 bits per heavy atom. The van der Waals surface area contributed by atoms with Crippen LogP contribution in [-0.4, -0.2) is 62.2 Å². The third-order valence-corrected chi connectivity index (χ3v) is 8.22. The molecule has 1 spiro atoms. The van der Waals surface area contributed by atoms with Gasteiger partial charge in [-0.2, -0.15) is 0 Å². The Balaban J connectivity index is 1.46. The molecule has 0 radical (unpaired) electrons. The van der Waals surface area contributed by atoms with Crippen LogP contribution in [0.5, 0.6) is 0 Å². The molecular formula is C24H30FN3O3S. The predicted octanol–water partition coefficient (Wildman–Crippen LogP) is 2.73. The van der Waals surface area contributed by atoms with Gasteiger partial charge in [-0.05, 0) is 57.1 Å². The molecular weight excluding hydrogens is 429 g/mol. The number of hydrogen-bond acceptors (Lipinski definition) is 3. The van der Waals surface area contributed by atoms with E-state index in [2.05, 4.69) is 23.5 Å². The quantitative estimate of drug-likeness (QED) is 0.704. The van der Waals surface area contributed by atoms with E-state index in [0.717, 1.165) is 51.4 Å². The molecule has 0 aromatic heterocycles. The van der Waals surface area contributed by atoms with Gasteiger partial charge in [0.25, 0.3) is 0 Å². The zero-order valence-corrected chi connectivity index (χ0v) is 19.5. The number of carbonyl (C=O) groups excluding carboxylic acids is 1. The third-order valence-electron chi connectivity index (χ3n) is 7.54. The number of urea groups is 1. The molecule has 2 aliphatic heterocycles. The zero-order valence-electron chi connectivity index (χ0n) is 18.7. The molecule has 1 aromatic rings. The molecule has 2 amide bonds. The lowest BCUT2D eigenvalue weighted by Gasteiger charge is -2.37. The number of benzene rings is 1. The standard InChI is InChI=1S/C24H30FN3O3S/c1-23(9-10-23)8-7-17-5-3-6-18(20(17)25)15-19-21(26-32(2,30)31)24(11-12-24)16-28(19)22(29)27-13-4-14-27/h3,5-6,19,21,26H,4,9-16H2,1-2H3. The van der Waals surface area contributed by atoms with E-state index in [9.17, 15) is 13.2 Å². The lowest BCUT2D eigenvalue weighted by Crippen LogP contribution is -2.54. The van der Waals surface area contributed by atoms with E-state index in [1.165, 1.54) is 0 Å². The molecule has 2 aliphatic carbocycles. The second-order valence-corrected chi connectivity index (χ2v) is 12.1. The van der Waals surface area contributed by atoms with Gasteiger partial charge < -0.3 is 9.80 Å². The number of sulfonamides is 1. The largest absolute Gasteiger partial charge is 0.325 e. The van der Waals surface area contributed by atoms with Crippen LogP contribution in [0.4, 0.5) is 9.18 Å². The molecule has 1 aromatic carbocycles. The minimum absolute atomic E-state index is 0.00279. The van der Waals surface area contributed by atoms with Gasteiger partial charge in [-0.1, -0.05) is 24.0 Å². The topological polar surface area (TPSA) is 69.7 Å². The Kier molecular flexibility index (Phi) is 5.06. The highest BCUT2D eigenvalue weighted by Crippen LogP contribution is 2.55.